The van der Waals surface area contributed by atoms with Crippen molar-refractivity contribution in [2.24, 2.45) is 0 Å². The minimum Gasteiger partial charge on any atom is -0.462 e. The topological polar surface area (TPSA) is 67.3 Å². The number of nitrogens with one attached hydrogen (secondary N) is 1. The van der Waals surface area contributed by atoms with Crippen LogP contribution in [0.2, 0.25) is 0 Å². The standard InChI is InChI=1S/C19H24N4O2/c1-3-25-18(24)16-9-8-15(13-14(16)2)23-12-5-4-7-17(23)22-19-20-10-6-11-21-19/h6,8-11,13,17H,3-5,7,12H2,1-2H3,(H,20,21,22)/t17-/m0/s1. The van der Waals surface area contributed by atoms with Crippen molar-refractivity contribution in [2.45, 2.75) is 39.3 Å². The largest absolute Gasteiger partial charge is 0.462 e. The molecule has 3 rings (SSSR count). The van der Waals surface area contributed by atoms with Gasteiger partial charge in [0.15, 0.2) is 0 Å². The molecule has 1 aliphatic rings. The summed E-state index contributed by atoms with van der Waals surface area (Å²) in [7, 11) is 0. The average Bonchev–Trinajstić information content (AvgIpc) is 2.63. The molecule has 2 heterocycles. The smallest absolute Gasteiger partial charge is 0.338 e. The van der Waals surface area contributed by atoms with Gasteiger partial charge in [-0.3, -0.25) is 0 Å². The molecule has 6 nitrogen and oxygen atoms in total. The Bertz CT molecular complexity index is 721. The number of carbonyl (C=O) groups excluding carboxylic acids is 1. The molecule has 1 aromatic carbocycles. The quantitative estimate of drug-likeness (QED) is 0.842. The predicted molar refractivity (Wildman–Crippen MR) is 97.8 cm³/mol. The second-order valence-corrected chi connectivity index (χ2v) is 6.14. The zero-order chi connectivity index (χ0) is 17.6. The van der Waals surface area contributed by atoms with Crippen LogP contribution < -0.4 is 10.2 Å². The van der Waals surface area contributed by atoms with Crippen LogP contribution in [-0.4, -0.2) is 35.3 Å². The van der Waals surface area contributed by atoms with E-state index in [0.29, 0.717) is 18.1 Å². The number of hydrogen-bond acceptors (Lipinski definition) is 6. The van der Waals surface area contributed by atoms with Gasteiger partial charge in [-0.1, -0.05) is 0 Å². The first kappa shape index (κ1) is 17.2. The molecule has 0 spiro atoms. The zero-order valence-electron chi connectivity index (χ0n) is 14.7. The number of benzene rings is 1. The number of hydrogen-bond donors (Lipinski definition) is 1. The van der Waals surface area contributed by atoms with E-state index in [9.17, 15) is 4.79 Å². The van der Waals surface area contributed by atoms with E-state index in [1.165, 1.54) is 6.42 Å². The van der Waals surface area contributed by atoms with E-state index < -0.39 is 0 Å². The lowest BCUT2D eigenvalue weighted by Gasteiger charge is -2.38. The normalized spacial score (nSPS) is 17.2. The summed E-state index contributed by atoms with van der Waals surface area (Å²) in [6.45, 7) is 5.11. The summed E-state index contributed by atoms with van der Waals surface area (Å²) >= 11 is 0. The van der Waals surface area contributed by atoms with Crippen molar-refractivity contribution < 1.29 is 9.53 Å². The lowest BCUT2D eigenvalue weighted by Crippen LogP contribution is -2.45. The fourth-order valence-corrected chi connectivity index (χ4v) is 3.18. The highest BCUT2D eigenvalue weighted by Gasteiger charge is 2.24. The number of esters is 1. The molecular weight excluding hydrogens is 316 g/mol. The Morgan fingerprint density at radius 1 is 1.32 bits per heavy atom. The monoisotopic (exact) mass is 340 g/mol. The first-order valence-corrected chi connectivity index (χ1v) is 8.77. The third kappa shape index (κ3) is 4.07. The third-order valence-corrected chi connectivity index (χ3v) is 4.40. The van der Waals surface area contributed by atoms with Crippen molar-refractivity contribution in [1.82, 2.24) is 9.97 Å². The number of piperidine rings is 1. The maximum Gasteiger partial charge on any atom is 0.338 e. The summed E-state index contributed by atoms with van der Waals surface area (Å²) < 4.78 is 5.11. The molecule has 25 heavy (non-hydrogen) atoms. The molecule has 1 fully saturated rings. The Labute approximate surface area is 148 Å². The summed E-state index contributed by atoms with van der Waals surface area (Å²) in [5, 5.41) is 3.42. The fraction of sp³-hybridized carbons (Fsp3) is 0.421. The summed E-state index contributed by atoms with van der Waals surface area (Å²) in [5.41, 5.74) is 2.65. The highest BCUT2D eigenvalue weighted by Crippen LogP contribution is 2.27. The molecule has 0 bridgehead atoms. The van der Waals surface area contributed by atoms with E-state index >= 15 is 0 Å². The van der Waals surface area contributed by atoms with E-state index in [2.05, 4.69) is 26.3 Å². The first-order valence-electron chi connectivity index (χ1n) is 8.77. The van der Waals surface area contributed by atoms with Crippen LogP contribution in [0.25, 0.3) is 0 Å². The Kier molecular flexibility index (Phi) is 5.48. The molecule has 1 aromatic heterocycles. The van der Waals surface area contributed by atoms with Crippen LogP contribution in [0.15, 0.2) is 36.7 Å². The van der Waals surface area contributed by atoms with Crippen LogP contribution in [-0.2, 0) is 4.74 Å². The Morgan fingerprint density at radius 2 is 2.12 bits per heavy atom. The van der Waals surface area contributed by atoms with Crippen molar-refractivity contribution in [3.63, 3.8) is 0 Å². The molecule has 132 valence electrons. The lowest BCUT2D eigenvalue weighted by molar-refractivity contribution is 0.0525. The highest BCUT2D eigenvalue weighted by atomic mass is 16.5. The predicted octanol–water partition coefficient (Wildman–Crippen LogP) is 3.39. The van der Waals surface area contributed by atoms with Crippen molar-refractivity contribution in [2.75, 3.05) is 23.4 Å². The number of anilines is 2. The molecular formula is C19H24N4O2. The van der Waals surface area contributed by atoms with Gasteiger partial charge in [-0.25, -0.2) is 14.8 Å². The molecule has 0 aliphatic carbocycles. The highest BCUT2D eigenvalue weighted by molar-refractivity contribution is 5.91. The van der Waals surface area contributed by atoms with Crippen LogP contribution in [0.5, 0.6) is 0 Å². The molecule has 1 aliphatic heterocycles. The summed E-state index contributed by atoms with van der Waals surface area (Å²) in [5.74, 6) is 0.372. The molecule has 0 unspecified atom stereocenters. The minimum atomic E-state index is -0.266. The van der Waals surface area contributed by atoms with Crippen molar-refractivity contribution in [1.29, 1.82) is 0 Å². The number of ether oxygens (including phenoxy) is 1. The molecule has 1 N–H and O–H groups in total. The van der Waals surface area contributed by atoms with Crippen molar-refractivity contribution >= 4 is 17.6 Å². The number of aryl methyl sites for hydroxylation is 1. The average molecular weight is 340 g/mol. The molecule has 0 amide bonds. The molecule has 2 aromatic rings. The lowest BCUT2D eigenvalue weighted by atomic mass is 10.0. The fourth-order valence-electron chi connectivity index (χ4n) is 3.18. The van der Waals surface area contributed by atoms with E-state index in [1.807, 2.05) is 26.0 Å². The summed E-state index contributed by atoms with van der Waals surface area (Å²) in [4.78, 5) is 22.8. The SMILES string of the molecule is CCOC(=O)c1ccc(N2CCCC[C@H]2Nc2ncccn2)cc1C. The number of aromatic nitrogens is 2. The van der Waals surface area contributed by atoms with E-state index in [4.69, 9.17) is 4.74 Å². The van der Waals surface area contributed by atoms with Gasteiger partial charge in [0, 0.05) is 24.6 Å². The Morgan fingerprint density at radius 3 is 2.84 bits per heavy atom. The van der Waals surface area contributed by atoms with Crippen molar-refractivity contribution in [3.05, 3.63) is 47.8 Å². The number of nitrogens with zero attached hydrogens (tertiary/aromatic N) is 3. The zero-order valence-corrected chi connectivity index (χ0v) is 14.7. The van der Waals surface area contributed by atoms with Gasteiger partial charge in [0.25, 0.3) is 0 Å². The number of rotatable bonds is 5. The maximum absolute atomic E-state index is 12.0. The van der Waals surface area contributed by atoms with E-state index in [1.54, 1.807) is 18.5 Å². The third-order valence-electron chi connectivity index (χ3n) is 4.40. The van der Waals surface area contributed by atoms with Gasteiger partial charge >= 0.3 is 5.97 Å². The van der Waals surface area contributed by atoms with Crippen molar-refractivity contribution in [3.8, 4) is 0 Å². The molecule has 1 atom stereocenters. The van der Waals surface area contributed by atoms with Gasteiger partial charge in [-0.2, -0.15) is 0 Å². The van der Waals surface area contributed by atoms with Crippen LogP contribution >= 0.6 is 0 Å². The van der Waals surface area contributed by atoms with Crippen LogP contribution in [0, 0.1) is 6.92 Å². The number of carbonyl (C=O) groups is 1. The molecule has 1 saturated heterocycles. The van der Waals surface area contributed by atoms with E-state index in [0.717, 1.165) is 30.6 Å². The minimum absolute atomic E-state index is 0.143. The Balaban J connectivity index is 1.80. The van der Waals surface area contributed by atoms with E-state index in [-0.39, 0.29) is 12.1 Å². The summed E-state index contributed by atoms with van der Waals surface area (Å²) in [6.07, 6.45) is 6.95. The summed E-state index contributed by atoms with van der Waals surface area (Å²) in [6, 6.07) is 7.71. The second-order valence-electron chi connectivity index (χ2n) is 6.14. The maximum atomic E-state index is 12.0. The van der Waals surface area contributed by atoms with Gasteiger partial charge < -0.3 is 15.0 Å². The van der Waals surface area contributed by atoms with Crippen LogP contribution in [0.1, 0.15) is 42.1 Å². The molecule has 6 heteroatoms. The Hall–Kier alpha value is -2.63. The molecule has 0 saturated carbocycles. The van der Waals surface area contributed by atoms with Gasteiger partial charge in [-0.05, 0) is 62.9 Å². The molecule has 0 radical (unpaired) electrons. The van der Waals surface area contributed by atoms with Gasteiger partial charge in [0.05, 0.1) is 12.2 Å². The second kappa shape index (κ2) is 7.96. The van der Waals surface area contributed by atoms with Gasteiger partial charge in [0.2, 0.25) is 5.95 Å². The van der Waals surface area contributed by atoms with Crippen LogP contribution in [0.3, 0.4) is 0 Å². The van der Waals surface area contributed by atoms with Gasteiger partial charge in [-0.15, -0.1) is 0 Å². The first-order chi connectivity index (χ1) is 12.2. The van der Waals surface area contributed by atoms with Crippen LogP contribution in [0.4, 0.5) is 11.6 Å². The van der Waals surface area contributed by atoms with Gasteiger partial charge in [0.1, 0.15) is 6.17 Å².